The van der Waals surface area contributed by atoms with Gasteiger partial charge in [0.25, 0.3) is 0 Å². The second-order valence-corrected chi connectivity index (χ2v) is 3.36. The minimum atomic E-state index is 0.0955. The van der Waals surface area contributed by atoms with E-state index in [1.165, 1.54) is 6.42 Å². The van der Waals surface area contributed by atoms with Gasteiger partial charge in [-0.3, -0.25) is 4.79 Å². The van der Waals surface area contributed by atoms with Gasteiger partial charge in [0.05, 0.1) is 0 Å². The first-order chi connectivity index (χ1) is 4.83. The molecule has 2 aliphatic rings. The maximum atomic E-state index is 11.3. The van der Waals surface area contributed by atoms with Gasteiger partial charge in [-0.15, -0.1) is 0 Å². The fourth-order valence-corrected chi connectivity index (χ4v) is 1.86. The molecular weight excluding hydrogens is 128 g/mol. The van der Waals surface area contributed by atoms with Crippen molar-refractivity contribution in [3.8, 4) is 0 Å². The average Bonchev–Trinajstić information content (AvgIpc) is 1.85. The lowest BCUT2D eigenvalue weighted by Crippen LogP contribution is -2.44. The first-order valence-corrected chi connectivity index (χ1v) is 3.95. The van der Waals surface area contributed by atoms with E-state index in [0.29, 0.717) is 12.4 Å². The number of carbonyl (C=O) groups is 1. The minimum absolute atomic E-state index is 0.0955. The Morgan fingerprint density at radius 2 is 2.10 bits per heavy atom. The van der Waals surface area contributed by atoms with Crippen LogP contribution >= 0.6 is 0 Å². The minimum Gasteiger partial charge on any atom is -0.374 e. The number of ketones is 1. The molecule has 1 saturated carbocycles. The largest absolute Gasteiger partial charge is 0.374 e. The van der Waals surface area contributed by atoms with Crippen molar-refractivity contribution in [2.24, 2.45) is 5.41 Å². The van der Waals surface area contributed by atoms with E-state index < -0.39 is 0 Å². The van der Waals surface area contributed by atoms with E-state index in [0.717, 1.165) is 25.9 Å². The Labute approximate surface area is 60.6 Å². The molecule has 1 aliphatic carbocycles. The Kier molecular flexibility index (Phi) is 1.31. The molecule has 0 radical (unpaired) electrons. The van der Waals surface area contributed by atoms with Crippen LogP contribution in [0.5, 0.6) is 0 Å². The number of rotatable bonds is 0. The molecule has 0 N–H and O–H groups in total. The van der Waals surface area contributed by atoms with Gasteiger partial charge in [0.2, 0.25) is 0 Å². The highest BCUT2D eigenvalue weighted by molar-refractivity contribution is 5.87. The van der Waals surface area contributed by atoms with Gasteiger partial charge in [0.15, 0.2) is 5.78 Å². The molecule has 2 fully saturated rings. The highest BCUT2D eigenvalue weighted by Crippen LogP contribution is 2.46. The lowest BCUT2D eigenvalue weighted by atomic mass is 9.63. The average molecular weight is 140 g/mol. The summed E-state index contributed by atoms with van der Waals surface area (Å²) in [5.74, 6) is 0.352. The normalized spacial score (nSPS) is 30.2. The second-order valence-electron chi connectivity index (χ2n) is 3.36. The van der Waals surface area contributed by atoms with E-state index in [1.54, 1.807) is 0 Å². The van der Waals surface area contributed by atoms with E-state index in [9.17, 15) is 4.79 Å². The molecule has 2 heteroatoms. The van der Waals surface area contributed by atoms with Crippen LogP contribution in [0.1, 0.15) is 25.7 Å². The number of Topliss-reactive ketones (excluding diaryl/α,β-unsaturated/α-hetero) is 1. The van der Waals surface area contributed by atoms with Gasteiger partial charge in [0, 0.05) is 12.0 Å². The van der Waals surface area contributed by atoms with E-state index in [4.69, 9.17) is 4.74 Å². The van der Waals surface area contributed by atoms with E-state index in [2.05, 4.69) is 0 Å². The molecule has 10 heavy (non-hydrogen) atoms. The molecule has 0 unspecified atom stereocenters. The summed E-state index contributed by atoms with van der Waals surface area (Å²) in [7, 11) is 0. The van der Waals surface area contributed by atoms with Gasteiger partial charge in [-0.05, 0) is 19.3 Å². The zero-order valence-electron chi connectivity index (χ0n) is 6.06. The van der Waals surface area contributed by atoms with Crippen LogP contribution in [0.3, 0.4) is 0 Å². The Bertz CT molecular complexity index is 159. The Balaban J connectivity index is 2.10. The van der Waals surface area contributed by atoms with Crippen molar-refractivity contribution in [3.63, 3.8) is 0 Å². The maximum absolute atomic E-state index is 11.3. The van der Waals surface area contributed by atoms with Crippen LogP contribution in [-0.4, -0.2) is 19.0 Å². The lowest BCUT2D eigenvalue weighted by Gasteiger charge is -2.42. The molecule has 2 rings (SSSR count). The van der Waals surface area contributed by atoms with Crippen molar-refractivity contribution in [2.75, 3.05) is 13.2 Å². The molecule has 1 aliphatic heterocycles. The van der Waals surface area contributed by atoms with Crippen LogP contribution in [-0.2, 0) is 9.53 Å². The number of ether oxygens (including phenoxy) is 1. The van der Waals surface area contributed by atoms with Gasteiger partial charge < -0.3 is 4.74 Å². The molecule has 0 aromatic heterocycles. The topological polar surface area (TPSA) is 26.3 Å². The Morgan fingerprint density at radius 3 is 2.50 bits per heavy atom. The van der Waals surface area contributed by atoms with E-state index >= 15 is 0 Å². The van der Waals surface area contributed by atoms with Crippen LogP contribution in [0.2, 0.25) is 0 Å². The quantitative estimate of drug-likeness (QED) is 0.504. The maximum Gasteiger partial charge on any atom is 0.164 e. The van der Waals surface area contributed by atoms with Crippen molar-refractivity contribution in [1.82, 2.24) is 0 Å². The van der Waals surface area contributed by atoms with Crippen molar-refractivity contribution >= 4 is 5.78 Å². The summed E-state index contributed by atoms with van der Waals surface area (Å²) in [6, 6.07) is 0. The molecule has 0 amide bonds. The summed E-state index contributed by atoms with van der Waals surface area (Å²) in [6.07, 6.45) is 4.46. The fourth-order valence-electron chi connectivity index (χ4n) is 1.86. The molecule has 1 saturated heterocycles. The van der Waals surface area contributed by atoms with Crippen LogP contribution < -0.4 is 0 Å². The second kappa shape index (κ2) is 2.06. The molecular formula is C8H12O2. The number of hydrogen-bond donors (Lipinski definition) is 0. The molecule has 1 heterocycles. The summed E-state index contributed by atoms with van der Waals surface area (Å²) in [4.78, 5) is 11.3. The van der Waals surface area contributed by atoms with Crippen LogP contribution in [0.15, 0.2) is 0 Å². The highest BCUT2D eigenvalue weighted by atomic mass is 16.5. The first kappa shape index (κ1) is 6.35. The SMILES string of the molecule is O=C1COCCC12CCC2. The zero-order valence-corrected chi connectivity index (χ0v) is 6.06. The molecule has 1 spiro atoms. The molecule has 0 aromatic rings. The third-order valence-corrected chi connectivity index (χ3v) is 2.86. The van der Waals surface area contributed by atoms with Crippen molar-refractivity contribution in [1.29, 1.82) is 0 Å². The molecule has 0 aromatic carbocycles. The zero-order chi connectivity index (χ0) is 7.03. The van der Waals surface area contributed by atoms with Crippen molar-refractivity contribution < 1.29 is 9.53 Å². The Hall–Kier alpha value is -0.370. The first-order valence-electron chi connectivity index (χ1n) is 3.95. The van der Waals surface area contributed by atoms with Crippen LogP contribution in [0.4, 0.5) is 0 Å². The molecule has 0 bridgehead atoms. The van der Waals surface area contributed by atoms with Crippen molar-refractivity contribution in [2.45, 2.75) is 25.7 Å². The van der Waals surface area contributed by atoms with E-state index in [-0.39, 0.29) is 5.41 Å². The van der Waals surface area contributed by atoms with Crippen LogP contribution in [0.25, 0.3) is 0 Å². The molecule has 56 valence electrons. The highest BCUT2D eigenvalue weighted by Gasteiger charge is 2.44. The summed E-state index contributed by atoms with van der Waals surface area (Å²) in [5, 5.41) is 0. The summed E-state index contributed by atoms with van der Waals surface area (Å²) < 4.78 is 5.06. The fraction of sp³-hybridized carbons (Fsp3) is 0.875. The summed E-state index contributed by atoms with van der Waals surface area (Å²) in [6.45, 7) is 1.17. The molecule has 0 atom stereocenters. The van der Waals surface area contributed by atoms with Gasteiger partial charge >= 0.3 is 0 Å². The third-order valence-electron chi connectivity index (χ3n) is 2.86. The Morgan fingerprint density at radius 1 is 1.30 bits per heavy atom. The van der Waals surface area contributed by atoms with E-state index in [1.807, 2.05) is 0 Å². The third kappa shape index (κ3) is 0.717. The predicted molar refractivity (Wildman–Crippen MR) is 36.7 cm³/mol. The van der Waals surface area contributed by atoms with Gasteiger partial charge in [-0.25, -0.2) is 0 Å². The van der Waals surface area contributed by atoms with Gasteiger partial charge in [0.1, 0.15) is 6.61 Å². The van der Waals surface area contributed by atoms with Gasteiger partial charge in [-0.2, -0.15) is 0 Å². The molecule has 2 nitrogen and oxygen atoms in total. The number of carbonyl (C=O) groups excluding carboxylic acids is 1. The van der Waals surface area contributed by atoms with Gasteiger partial charge in [-0.1, -0.05) is 6.42 Å². The smallest absolute Gasteiger partial charge is 0.164 e. The lowest BCUT2D eigenvalue weighted by molar-refractivity contribution is -0.147. The standard InChI is InChI=1S/C8H12O2/c9-7-6-10-5-4-8(7)2-1-3-8/h1-6H2. The van der Waals surface area contributed by atoms with Crippen LogP contribution in [0, 0.1) is 5.41 Å². The summed E-state index contributed by atoms with van der Waals surface area (Å²) in [5.41, 5.74) is 0.0955. The monoisotopic (exact) mass is 140 g/mol. The summed E-state index contributed by atoms with van der Waals surface area (Å²) >= 11 is 0. The predicted octanol–water partition coefficient (Wildman–Crippen LogP) is 1.15. The van der Waals surface area contributed by atoms with Crippen molar-refractivity contribution in [3.05, 3.63) is 0 Å². The number of hydrogen-bond acceptors (Lipinski definition) is 2.